The average molecular weight is 344 g/mol. The molecule has 2 aromatic rings. The van der Waals surface area contributed by atoms with E-state index >= 15 is 0 Å². The lowest BCUT2D eigenvalue weighted by Gasteiger charge is -2.26. The van der Waals surface area contributed by atoms with Gasteiger partial charge in [-0.15, -0.1) is 0 Å². The minimum Gasteiger partial charge on any atom is -0.493 e. The number of likely N-dealkylation sites (tertiary alicyclic amines) is 1. The molecule has 1 N–H and O–H groups in total. The summed E-state index contributed by atoms with van der Waals surface area (Å²) in [6, 6.07) is 10.5. The van der Waals surface area contributed by atoms with E-state index in [1.165, 1.54) is 18.4 Å². The molecule has 1 saturated heterocycles. The van der Waals surface area contributed by atoms with Crippen LogP contribution in [0.2, 0.25) is 0 Å². The Hall–Kier alpha value is -1.98. The van der Waals surface area contributed by atoms with Gasteiger partial charge in [0.15, 0.2) is 11.5 Å². The fourth-order valence-corrected chi connectivity index (χ4v) is 3.44. The fourth-order valence-electron chi connectivity index (χ4n) is 3.44. The standard InChI is InChI=1S/C20H28N2O3/c1-15-6-8-18(25-15)17(22-10-4-5-11-22)14-21-13-16-7-9-19(23-2)20(12-16)24-3/h6-9,12,17,21H,4-5,10-11,13-14H2,1-3H3. The largest absolute Gasteiger partial charge is 0.493 e. The third kappa shape index (κ3) is 4.35. The van der Waals surface area contributed by atoms with Crippen LogP contribution in [-0.2, 0) is 6.54 Å². The summed E-state index contributed by atoms with van der Waals surface area (Å²) in [5.74, 6) is 3.55. The van der Waals surface area contributed by atoms with Gasteiger partial charge in [0.05, 0.1) is 20.3 Å². The molecule has 1 aromatic heterocycles. The Morgan fingerprint density at radius 2 is 1.84 bits per heavy atom. The maximum absolute atomic E-state index is 5.91. The number of hydrogen-bond donors (Lipinski definition) is 1. The van der Waals surface area contributed by atoms with Gasteiger partial charge in [-0.1, -0.05) is 6.07 Å². The molecule has 0 radical (unpaired) electrons. The fraction of sp³-hybridized carbons (Fsp3) is 0.500. The van der Waals surface area contributed by atoms with E-state index in [1.54, 1.807) is 14.2 Å². The molecule has 5 nitrogen and oxygen atoms in total. The van der Waals surface area contributed by atoms with Crippen molar-refractivity contribution >= 4 is 0 Å². The molecular formula is C20H28N2O3. The van der Waals surface area contributed by atoms with E-state index in [-0.39, 0.29) is 6.04 Å². The Kier molecular flexibility index (Phi) is 6.00. The first-order valence-corrected chi connectivity index (χ1v) is 8.93. The molecule has 136 valence electrons. The molecule has 1 atom stereocenters. The molecular weight excluding hydrogens is 316 g/mol. The van der Waals surface area contributed by atoms with Crippen LogP contribution in [0, 0.1) is 6.92 Å². The quantitative estimate of drug-likeness (QED) is 0.794. The first-order chi connectivity index (χ1) is 12.2. The number of aryl methyl sites for hydroxylation is 1. The molecule has 0 bridgehead atoms. The number of hydrogen-bond acceptors (Lipinski definition) is 5. The van der Waals surface area contributed by atoms with Crippen LogP contribution in [0.1, 0.15) is 36.0 Å². The molecule has 0 saturated carbocycles. The van der Waals surface area contributed by atoms with E-state index in [9.17, 15) is 0 Å². The van der Waals surface area contributed by atoms with Gasteiger partial charge >= 0.3 is 0 Å². The smallest absolute Gasteiger partial charge is 0.161 e. The molecule has 1 aliphatic rings. The van der Waals surface area contributed by atoms with Crippen molar-refractivity contribution in [1.29, 1.82) is 0 Å². The Morgan fingerprint density at radius 1 is 1.08 bits per heavy atom. The van der Waals surface area contributed by atoms with E-state index in [1.807, 2.05) is 25.1 Å². The lowest BCUT2D eigenvalue weighted by atomic mass is 10.1. The molecule has 25 heavy (non-hydrogen) atoms. The zero-order valence-corrected chi connectivity index (χ0v) is 15.4. The molecule has 1 aliphatic heterocycles. The van der Waals surface area contributed by atoms with Gasteiger partial charge in [-0.05, 0) is 62.7 Å². The summed E-state index contributed by atoms with van der Waals surface area (Å²) < 4.78 is 16.6. The van der Waals surface area contributed by atoms with Crippen LogP contribution in [0.5, 0.6) is 11.5 Å². The molecule has 3 rings (SSSR count). The van der Waals surface area contributed by atoms with Gasteiger partial charge in [-0.25, -0.2) is 0 Å². The Balaban J connectivity index is 1.63. The van der Waals surface area contributed by atoms with E-state index in [2.05, 4.69) is 22.3 Å². The highest BCUT2D eigenvalue weighted by molar-refractivity contribution is 5.42. The predicted octanol–water partition coefficient (Wildman–Crippen LogP) is 3.53. The third-order valence-electron chi connectivity index (χ3n) is 4.79. The van der Waals surface area contributed by atoms with Gasteiger partial charge in [-0.2, -0.15) is 0 Å². The zero-order chi connectivity index (χ0) is 17.6. The molecule has 5 heteroatoms. The second-order valence-electron chi connectivity index (χ2n) is 6.53. The van der Waals surface area contributed by atoms with Crippen LogP contribution in [0.3, 0.4) is 0 Å². The molecule has 0 spiro atoms. The second kappa shape index (κ2) is 8.41. The maximum atomic E-state index is 5.91. The summed E-state index contributed by atoms with van der Waals surface area (Å²) in [7, 11) is 3.32. The minimum absolute atomic E-state index is 0.288. The van der Waals surface area contributed by atoms with Crippen molar-refractivity contribution in [2.24, 2.45) is 0 Å². The summed E-state index contributed by atoms with van der Waals surface area (Å²) in [5, 5.41) is 3.58. The van der Waals surface area contributed by atoms with E-state index in [0.717, 1.165) is 49.2 Å². The van der Waals surface area contributed by atoms with Crippen molar-refractivity contribution in [3.05, 3.63) is 47.4 Å². The zero-order valence-electron chi connectivity index (χ0n) is 15.4. The summed E-state index contributed by atoms with van der Waals surface area (Å²) in [5.41, 5.74) is 1.17. The van der Waals surface area contributed by atoms with Crippen LogP contribution in [0.4, 0.5) is 0 Å². The summed E-state index contributed by atoms with van der Waals surface area (Å²) in [6.45, 7) is 5.93. The summed E-state index contributed by atoms with van der Waals surface area (Å²) >= 11 is 0. The van der Waals surface area contributed by atoms with Gasteiger partial charge in [0.25, 0.3) is 0 Å². The minimum atomic E-state index is 0.288. The molecule has 1 fully saturated rings. The third-order valence-corrected chi connectivity index (χ3v) is 4.79. The topological polar surface area (TPSA) is 46.9 Å². The van der Waals surface area contributed by atoms with Crippen molar-refractivity contribution in [2.75, 3.05) is 33.9 Å². The van der Waals surface area contributed by atoms with Crippen LogP contribution in [0.15, 0.2) is 34.7 Å². The predicted molar refractivity (Wildman–Crippen MR) is 98.2 cm³/mol. The first kappa shape index (κ1) is 17.8. The van der Waals surface area contributed by atoms with Crippen molar-refractivity contribution in [3.8, 4) is 11.5 Å². The Bertz CT molecular complexity index is 677. The number of ether oxygens (including phenoxy) is 2. The average Bonchev–Trinajstić information content (AvgIpc) is 3.30. The van der Waals surface area contributed by atoms with Gasteiger partial charge in [0.2, 0.25) is 0 Å². The van der Waals surface area contributed by atoms with Gasteiger partial charge in [-0.3, -0.25) is 4.90 Å². The van der Waals surface area contributed by atoms with Crippen molar-refractivity contribution < 1.29 is 13.9 Å². The number of nitrogens with zero attached hydrogens (tertiary/aromatic N) is 1. The van der Waals surface area contributed by atoms with E-state index in [0.29, 0.717) is 0 Å². The van der Waals surface area contributed by atoms with Gasteiger partial charge in [0, 0.05) is 13.1 Å². The van der Waals surface area contributed by atoms with Crippen LogP contribution in [-0.4, -0.2) is 38.8 Å². The number of furan rings is 1. The lowest BCUT2D eigenvalue weighted by Crippen LogP contribution is -2.33. The van der Waals surface area contributed by atoms with Crippen molar-refractivity contribution in [2.45, 2.75) is 32.4 Å². The van der Waals surface area contributed by atoms with Crippen molar-refractivity contribution in [1.82, 2.24) is 10.2 Å². The SMILES string of the molecule is COc1ccc(CNCC(c2ccc(C)o2)N2CCCC2)cc1OC. The number of methoxy groups -OCH3 is 2. The van der Waals surface area contributed by atoms with Gasteiger partial charge in [0.1, 0.15) is 11.5 Å². The van der Waals surface area contributed by atoms with Crippen LogP contribution < -0.4 is 14.8 Å². The van der Waals surface area contributed by atoms with Crippen LogP contribution >= 0.6 is 0 Å². The monoisotopic (exact) mass is 344 g/mol. The summed E-state index contributed by atoms with van der Waals surface area (Å²) in [6.07, 6.45) is 2.54. The number of benzene rings is 1. The molecule has 1 aromatic carbocycles. The number of nitrogens with one attached hydrogen (secondary N) is 1. The molecule has 2 heterocycles. The van der Waals surface area contributed by atoms with Crippen molar-refractivity contribution in [3.63, 3.8) is 0 Å². The second-order valence-corrected chi connectivity index (χ2v) is 6.53. The number of rotatable bonds is 8. The van der Waals surface area contributed by atoms with E-state index < -0.39 is 0 Å². The highest BCUT2D eigenvalue weighted by Crippen LogP contribution is 2.28. The van der Waals surface area contributed by atoms with E-state index in [4.69, 9.17) is 13.9 Å². The molecule has 1 unspecified atom stereocenters. The maximum Gasteiger partial charge on any atom is 0.161 e. The first-order valence-electron chi connectivity index (χ1n) is 8.93. The van der Waals surface area contributed by atoms with Gasteiger partial charge < -0.3 is 19.2 Å². The highest BCUT2D eigenvalue weighted by atomic mass is 16.5. The normalized spacial score (nSPS) is 16.1. The Labute approximate surface area is 149 Å². The lowest BCUT2D eigenvalue weighted by molar-refractivity contribution is 0.207. The Morgan fingerprint density at radius 3 is 2.48 bits per heavy atom. The molecule has 0 aliphatic carbocycles. The molecule has 0 amide bonds. The van der Waals surface area contributed by atoms with Crippen LogP contribution in [0.25, 0.3) is 0 Å². The summed E-state index contributed by atoms with van der Waals surface area (Å²) in [4.78, 5) is 2.51. The highest BCUT2D eigenvalue weighted by Gasteiger charge is 2.25.